The molecule has 0 aliphatic rings. The van der Waals surface area contributed by atoms with Gasteiger partial charge in [0.05, 0.1) is 5.54 Å². The first-order chi connectivity index (χ1) is 7.60. The molecule has 2 aromatic carbocycles. The number of benzene rings is 2. The second kappa shape index (κ2) is 4.40. The Morgan fingerprint density at radius 2 is 1.38 bits per heavy atom. The van der Waals surface area contributed by atoms with Crippen LogP contribution in [-0.2, 0) is 5.54 Å². The smallest absolute Gasteiger partial charge is 0.0636 e. The third kappa shape index (κ3) is 2.18. The van der Waals surface area contributed by atoms with Crippen molar-refractivity contribution in [3.63, 3.8) is 0 Å². The normalized spacial score (nSPS) is 14.4. The molecule has 1 unspecified atom stereocenters. The first kappa shape index (κ1) is 11.4. The fraction of sp³-hybridized carbons (Fsp3) is 0.143. The second-order valence-electron chi connectivity index (χ2n) is 4.08. The van der Waals surface area contributed by atoms with Gasteiger partial charge >= 0.3 is 0 Å². The van der Waals surface area contributed by atoms with E-state index in [9.17, 15) is 0 Å². The van der Waals surface area contributed by atoms with Crippen LogP contribution in [0.4, 0.5) is 0 Å². The molecule has 2 heteroatoms. The monoisotopic (exact) mass is 275 g/mol. The molecule has 16 heavy (non-hydrogen) atoms. The molecule has 1 nitrogen and oxygen atoms in total. The van der Waals surface area contributed by atoms with Crippen LogP contribution in [0, 0.1) is 0 Å². The van der Waals surface area contributed by atoms with Gasteiger partial charge < -0.3 is 5.73 Å². The molecule has 0 fully saturated rings. The first-order valence-corrected chi connectivity index (χ1v) is 6.00. The van der Waals surface area contributed by atoms with Crippen molar-refractivity contribution >= 4 is 15.9 Å². The Morgan fingerprint density at radius 3 is 1.94 bits per heavy atom. The van der Waals surface area contributed by atoms with Crippen molar-refractivity contribution in [2.75, 3.05) is 0 Å². The van der Waals surface area contributed by atoms with E-state index in [4.69, 9.17) is 5.73 Å². The van der Waals surface area contributed by atoms with Crippen molar-refractivity contribution in [2.45, 2.75) is 12.5 Å². The SMILES string of the molecule is CC(N)(c1ccccc1)c1ccc(Br)cc1. The summed E-state index contributed by atoms with van der Waals surface area (Å²) in [5, 5.41) is 0. The van der Waals surface area contributed by atoms with E-state index in [1.807, 2.05) is 37.3 Å². The summed E-state index contributed by atoms with van der Waals surface area (Å²) in [6.45, 7) is 2.03. The van der Waals surface area contributed by atoms with Gasteiger partial charge in [0.15, 0.2) is 0 Å². The van der Waals surface area contributed by atoms with Gasteiger partial charge in [0.2, 0.25) is 0 Å². The lowest BCUT2D eigenvalue weighted by Crippen LogP contribution is -2.34. The van der Waals surface area contributed by atoms with Gasteiger partial charge in [0.1, 0.15) is 0 Å². The Kier molecular flexibility index (Phi) is 3.13. The summed E-state index contributed by atoms with van der Waals surface area (Å²) < 4.78 is 1.07. The molecule has 0 bridgehead atoms. The maximum atomic E-state index is 6.39. The van der Waals surface area contributed by atoms with Gasteiger partial charge in [-0.15, -0.1) is 0 Å². The fourth-order valence-corrected chi connectivity index (χ4v) is 2.01. The van der Waals surface area contributed by atoms with E-state index in [0.29, 0.717) is 0 Å². The summed E-state index contributed by atoms with van der Waals surface area (Å²) in [5.74, 6) is 0. The third-order valence-electron chi connectivity index (χ3n) is 2.82. The maximum absolute atomic E-state index is 6.39. The van der Waals surface area contributed by atoms with E-state index < -0.39 is 5.54 Å². The molecule has 82 valence electrons. The summed E-state index contributed by atoms with van der Waals surface area (Å²) in [6, 6.07) is 18.3. The van der Waals surface area contributed by atoms with Crippen LogP contribution in [0.1, 0.15) is 18.1 Å². The fourth-order valence-electron chi connectivity index (χ4n) is 1.75. The van der Waals surface area contributed by atoms with E-state index in [2.05, 4.69) is 40.2 Å². The number of hydrogen-bond donors (Lipinski definition) is 1. The predicted octanol–water partition coefficient (Wildman–Crippen LogP) is 3.67. The zero-order valence-electron chi connectivity index (χ0n) is 9.15. The Morgan fingerprint density at radius 1 is 0.875 bits per heavy atom. The lowest BCUT2D eigenvalue weighted by molar-refractivity contribution is 0.603. The highest BCUT2D eigenvalue weighted by Gasteiger charge is 2.22. The molecule has 0 saturated carbocycles. The van der Waals surface area contributed by atoms with Crippen molar-refractivity contribution in [3.8, 4) is 0 Å². The molecule has 2 N–H and O–H groups in total. The molecule has 0 heterocycles. The second-order valence-corrected chi connectivity index (χ2v) is 4.99. The van der Waals surface area contributed by atoms with E-state index in [0.717, 1.165) is 15.6 Å². The molecule has 0 aliphatic carbocycles. The Bertz CT molecular complexity index is 460. The number of halogens is 1. The summed E-state index contributed by atoms with van der Waals surface area (Å²) in [7, 11) is 0. The zero-order chi connectivity index (χ0) is 11.6. The standard InChI is InChI=1S/C14H14BrN/c1-14(16,11-5-3-2-4-6-11)12-7-9-13(15)10-8-12/h2-10H,16H2,1H3. The van der Waals surface area contributed by atoms with E-state index in [1.165, 1.54) is 0 Å². The minimum atomic E-state index is -0.442. The van der Waals surface area contributed by atoms with Gasteiger partial charge in [0, 0.05) is 4.47 Å². The average Bonchev–Trinajstić information content (AvgIpc) is 2.31. The van der Waals surface area contributed by atoms with Crippen LogP contribution in [0.3, 0.4) is 0 Å². The molecule has 2 rings (SSSR count). The van der Waals surface area contributed by atoms with Crippen LogP contribution in [0.5, 0.6) is 0 Å². The van der Waals surface area contributed by atoms with Gasteiger partial charge in [-0.3, -0.25) is 0 Å². The Hall–Kier alpha value is -1.12. The van der Waals surface area contributed by atoms with Gasteiger partial charge in [-0.25, -0.2) is 0 Å². The van der Waals surface area contributed by atoms with Crippen LogP contribution in [0.25, 0.3) is 0 Å². The highest BCUT2D eigenvalue weighted by atomic mass is 79.9. The van der Waals surface area contributed by atoms with Gasteiger partial charge in [0.25, 0.3) is 0 Å². The zero-order valence-corrected chi connectivity index (χ0v) is 10.7. The van der Waals surface area contributed by atoms with Crippen molar-refractivity contribution in [1.29, 1.82) is 0 Å². The number of nitrogens with two attached hydrogens (primary N) is 1. The number of rotatable bonds is 2. The van der Waals surface area contributed by atoms with E-state index in [-0.39, 0.29) is 0 Å². The van der Waals surface area contributed by atoms with Gasteiger partial charge in [-0.1, -0.05) is 58.4 Å². The molecule has 1 atom stereocenters. The quantitative estimate of drug-likeness (QED) is 0.889. The van der Waals surface area contributed by atoms with Gasteiger partial charge in [-0.05, 0) is 30.2 Å². The first-order valence-electron chi connectivity index (χ1n) is 5.21. The predicted molar refractivity (Wildman–Crippen MR) is 71.2 cm³/mol. The highest BCUT2D eigenvalue weighted by Crippen LogP contribution is 2.27. The summed E-state index contributed by atoms with van der Waals surface area (Å²) in [4.78, 5) is 0. The topological polar surface area (TPSA) is 26.0 Å². The summed E-state index contributed by atoms with van der Waals surface area (Å²) >= 11 is 3.43. The van der Waals surface area contributed by atoms with Crippen LogP contribution >= 0.6 is 15.9 Å². The van der Waals surface area contributed by atoms with Crippen molar-refractivity contribution in [3.05, 3.63) is 70.2 Å². The minimum Gasteiger partial charge on any atom is -0.318 e. The lowest BCUT2D eigenvalue weighted by atomic mass is 9.86. The van der Waals surface area contributed by atoms with Crippen molar-refractivity contribution < 1.29 is 0 Å². The van der Waals surface area contributed by atoms with Crippen LogP contribution in [0.2, 0.25) is 0 Å². The molecule has 0 radical (unpaired) electrons. The van der Waals surface area contributed by atoms with Gasteiger partial charge in [-0.2, -0.15) is 0 Å². The molecule has 0 amide bonds. The largest absolute Gasteiger partial charge is 0.318 e. The van der Waals surface area contributed by atoms with E-state index in [1.54, 1.807) is 0 Å². The highest BCUT2D eigenvalue weighted by molar-refractivity contribution is 9.10. The van der Waals surface area contributed by atoms with Crippen molar-refractivity contribution in [2.24, 2.45) is 5.73 Å². The molecule has 0 aromatic heterocycles. The number of hydrogen-bond acceptors (Lipinski definition) is 1. The Balaban J connectivity index is 2.43. The minimum absolute atomic E-state index is 0.442. The van der Waals surface area contributed by atoms with Crippen LogP contribution in [-0.4, -0.2) is 0 Å². The molecular weight excluding hydrogens is 262 g/mol. The third-order valence-corrected chi connectivity index (χ3v) is 3.35. The molecule has 2 aromatic rings. The molecule has 0 aliphatic heterocycles. The molecule has 0 saturated heterocycles. The Labute approximate surface area is 104 Å². The summed E-state index contributed by atoms with van der Waals surface area (Å²) in [6.07, 6.45) is 0. The van der Waals surface area contributed by atoms with Crippen molar-refractivity contribution in [1.82, 2.24) is 0 Å². The summed E-state index contributed by atoms with van der Waals surface area (Å²) in [5.41, 5.74) is 8.19. The van der Waals surface area contributed by atoms with E-state index >= 15 is 0 Å². The molecule has 0 spiro atoms. The van der Waals surface area contributed by atoms with Crippen LogP contribution in [0.15, 0.2) is 59.1 Å². The molecular formula is C14H14BrN. The maximum Gasteiger partial charge on any atom is 0.0636 e. The average molecular weight is 276 g/mol. The van der Waals surface area contributed by atoms with Crippen LogP contribution < -0.4 is 5.73 Å². The lowest BCUT2D eigenvalue weighted by Gasteiger charge is -2.26.